The zero-order valence-corrected chi connectivity index (χ0v) is 17.4. The molecule has 2 amide bonds. The van der Waals surface area contributed by atoms with Crippen molar-refractivity contribution < 1.29 is 14.3 Å². The number of hydrogen-bond acceptors (Lipinski definition) is 7. The van der Waals surface area contributed by atoms with Gasteiger partial charge in [0.2, 0.25) is 5.95 Å². The summed E-state index contributed by atoms with van der Waals surface area (Å²) in [5, 5.41) is 9.10. The molecule has 0 radical (unpaired) electrons. The monoisotopic (exact) mass is 432 g/mol. The molecule has 1 aliphatic heterocycles. The lowest BCUT2D eigenvalue weighted by atomic mass is 10.2. The summed E-state index contributed by atoms with van der Waals surface area (Å²) in [6.45, 7) is 1.08. The maximum absolute atomic E-state index is 12.3. The van der Waals surface area contributed by atoms with Gasteiger partial charge in [-0.25, -0.2) is 4.98 Å². The molecule has 1 fully saturated rings. The number of carbonyl (C=O) groups excluding carboxylic acids is 2. The second kappa shape index (κ2) is 9.88. The van der Waals surface area contributed by atoms with Crippen LogP contribution >= 0.6 is 0 Å². The zero-order chi connectivity index (χ0) is 22.3. The molecule has 3 aromatic rings. The van der Waals surface area contributed by atoms with Crippen molar-refractivity contribution in [3.8, 4) is 0 Å². The van der Waals surface area contributed by atoms with Crippen LogP contribution in [0.2, 0.25) is 0 Å². The molecule has 9 nitrogen and oxygen atoms in total. The number of nitrogens with zero attached hydrogens (tertiary/aromatic N) is 2. The standard InChI is InChI=1S/C23H24N6O3/c24-20(30)18-14-26-23(29-21(18)25-13-15-6-2-1-3-7-15)28-17-9-4-8-16(12-17)27-22(31)19-10-5-11-32-19/h1-4,6-9,12,14,19H,5,10-11,13H2,(H2,24,30)(H,27,31)(H2,25,26,28,29)/t19-/m0/s1. The number of rotatable bonds is 8. The average Bonchev–Trinajstić information content (AvgIpc) is 3.34. The van der Waals surface area contributed by atoms with Crippen molar-refractivity contribution in [1.82, 2.24) is 9.97 Å². The van der Waals surface area contributed by atoms with E-state index in [1.165, 1.54) is 6.20 Å². The highest BCUT2D eigenvalue weighted by Crippen LogP contribution is 2.22. The number of primary amides is 1. The van der Waals surface area contributed by atoms with Crippen molar-refractivity contribution in [2.75, 3.05) is 22.6 Å². The third-order valence-electron chi connectivity index (χ3n) is 4.97. The minimum absolute atomic E-state index is 0.158. The SMILES string of the molecule is NC(=O)c1cnc(Nc2cccc(NC(=O)[C@@H]3CCCO3)c2)nc1NCc1ccccc1. The first-order valence-electron chi connectivity index (χ1n) is 10.3. The van der Waals surface area contributed by atoms with Crippen molar-refractivity contribution in [2.45, 2.75) is 25.5 Å². The fraction of sp³-hybridized carbons (Fsp3) is 0.217. The van der Waals surface area contributed by atoms with Gasteiger partial charge in [-0.1, -0.05) is 36.4 Å². The number of hydrogen-bond donors (Lipinski definition) is 4. The minimum atomic E-state index is -0.619. The van der Waals surface area contributed by atoms with Crippen LogP contribution in [-0.4, -0.2) is 34.5 Å². The smallest absolute Gasteiger partial charge is 0.254 e. The van der Waals surface area contributed by atoms with E-state index in [0.717, 1.165) is 18.4 Å². The van der Waals surface area contributed by atoms with Gasteiger partial charge in [-0.15, -0.1) is 0 Å². The van der Waals surface area contributed by atoms with Gasteiger partial charge < -0.3 is 26.4 Å². The Labute approximate surface area is 185 Å². The lowest BCUT2D eigenvalue weighted by molar-refractivity contribution is -0.124. The molecule has 1 aromatic heterocycles. The van der Waals surface area contributed by atoms with Crippen molar-refractivity contribution in [3.63, 3.8) is 0 Å². The van der Waals surface area contributed by atoms with Crippen molar-refractivity contribution >= 4 is 35.0 Å². The largest absolute Gasteiger partial charge is 0.368 e. The van der Waals surface area contributed by atoms with E-state index in [1.807, 2.05) is 36.4 Å². The lowest BCUT2D eigenvalue weighted by Crippen LogP contribution is -2.26. The van der Waals surface area contributed by atoms with Crippen molar-refractivity contribution in [2.24, 2.45) is 5.73 Å². The van der Waals surface area contributed by atoms with Gasteiger partial charge in [-0.2, -0.15) is 4.98 Å². The van der Waals surface area contributed by atoms with Gasteiger partial charge in [0.1, 0.15) is 11.9 Å². The number of nitrogens with one attached hydrogen (secondary N) is 3. The molecule has 1 atom stereocenters. The van der Waals surface area contributed by atoms with Gasteiger partial charge in [-0.3, -0.25) is 9.59 Å². The van der Waals surface area contributed by atoms with Crippen LogP contribution in [0.25, 0.3) is 0 Å². The topological polar surface area (TPSA) is 131 Å². The lowest BCUT2D eigenvalue weighted by Gasteiger charge is -2.13. The summed E-state index contributed by atoms with van der Waals surface area (Å²) in [4.78, 5) is 32.7. The molecule has 1 saturated heterocycles. The van der Waals surface area contributed by atoms with E-state index < -0.39 is 12.0 Å². The van der Waals surface area contributed by atoms with E-state index in [4.69, 9.17) is 10.5 Å². The molecular weight excluding hydrogens is 408 g/mol. The van der Waals surface area contributed by atoms with Crippen LogP contribution in [-0.2, 0) is 16.1 Å². The van der Waals surface area contributed by atoms with E-state index >= 15 is 0 Å². The van der Waals surface area contributed by atoms with E-state index in [2.05, 4.69) is 25.9 Å². The van der Waals surface area contributed by atoms with Crippen LogP contribution in [0.3, 0.4) is 0 Å². The molecule has 0 saturated carbocycles. The highest BCUT2D eigenvalue weighted by atomic mass is 16.5. The Morgan fingerprint density at radius 2 is 1.91 bits per heavy atom. The number of ether oxygens (including phenoxy) is 1. The van der Waals surface area contributed by atoms with Crippen LogP contribution < -0.4 is 21.7 Å². The Kier molecular flexibility index (Phi) is 6.57. The zero-order valence-electron chi connectivity index (χ0n) is 17.4. The number of amides is 2. The van der Waals surface area contributed by atoms with Crippen molar-refractivity contribution in [1.29, 1.82) is 0 Å². The van der Waals surface area contributed by atoms with E-state index in [0.29, 0.717) is 30.3 Å². The molecule has 164 valence electrons. The quantitative estimate of drug-likeness (QED) is 0.430. The normalized spacial score (nSPS) is 15.2. The minimum Gasteiger partial charge on any atom is -0.368 e. The molecule has 4 rings (SSSR count). The fourth-order valence-corrected chi connectivity index (χ4v) is 3.35. The van der Waals surface area contributed by atoms with Crippen LogP contribution in [0.5, 0.6) is 0 Å². The van der Waals surface area contributed by atoms with Crippen LogP contribution in [0, 0.1) is 0 Å². The first-order valence-corrected chi connectivity index (χ1v) is 10.3. The number of benzene rings is 2. The van der Waals surface area contributed by atoms with Gasteiger partial charge in [0.05, 0.1) is 5.56 Å². The Morgan fingerprint density at radius 3 is 2.66 bits per heavy atom. The van der Waals surface area contributed by atoms with Crippen LogP contribution in [0.1, 0.15) is 28.8 Å². The van der Waals surface area contributed by atoms with Gasteiger partial charge in [0.25, 0.3) is 11.8 Å². The maximum atomic E-state index is 12.3. The fourth-order valence-electron chi connectivity index (χ4n) is 3.35. The second-order valence-corrected chi connectivity index (χ2v) is 7.36. The second-order valence-electron chi connectivity index (χ2n) is 7.36. The number of aromatic nitrogens is 2. The van der Waals surface area contributed by atoms with Crippen LogP contribution in [0.15, 0.2) is 60.8 Å². The maximum Gasteiger partial charge on any atom is 0.254 e. The van der Waals surface area contributed by atoms with Crippen LogP contribution in [0.4, 0.5) is 23.1 Å². The highest BCUT2D eigenvalue weighted by Gasteiger charge is 2.23. The molecule has 1 aliphatic rings. The molecule has 32 heavy (non-hydrogen) atoms. The molecule has 0 bridgehead atoms. The predicted octanol–water partition coefficient (Wildman–Crippen LogP) is 3.05. The summed E-state index contributed by atoms with van der Waals surface area (Å²) < 4.78 is 5.42. The van der Waals surface area contributed by atoms with E-state index in [9.17, 15) is 9.59 Å². The van der Waals surface area contributed by atoms with Gasteiger partial charge >= 0.3 is 0 Å². The Morgan fingerprint density at radius 1 is 1.09 bits per heavy atom. The summed E-state index contributed by atoms with van der Waals surface area (Å²) in [5.74, 6) is -0.157. The summed E-state index contributed by atoms with van der Waals surface area (Å²) >= 11 is 0. The first kappa shape index (κ1) is 21.3. The van der Waals surface area contributed by atoms with Crippen molar-refractivity contribution in [3.05, 3.63) is 71.9 Å². The van der Waals surface area contributed by atoms with Gasteiger partial charge in [0, 0.05) is 30.7 Å². The molecule has 9 heteroatoms. The van der Waals surface area contributed by atoms with E-state index in [-0.39, 0.29) is 17.4 Å². The number of anilines is 4. The molecule has 0 spiro atoms. The average molecular weight is 432 g/mol. The first-order chi connectivity index (χ1) is 15.6. The summed E-state index contributed by atoms with van der Waals surface area (Å²) in [7, 11) is 0. The Bertz CT molecular complexity index is 1100. The van der Waals surface area contributed by atoms with Gasteiger partial charge in [0.15, 0.2) is 0 Å². The third-order valence-corrected chi connectivity index (χ3v) is 4.97. The third kappa shape index (κ3) is 5.38. The summed E-state index contributed by atoms with van der Waals surface area (Å²) in [6.07, 6.45) is 2.59. The Hall–Kier alpha value is -3.98. The molecule has 0 unspecified atom stereocenters. The van der Waals surface area contributed by atoms with E-state index in [1.54, 1.807) is 18.2 Å². The summed E-state index contributed by atoms with van der Waals surface area (Å²) in [6, 6.07) is 16.9. The van der Waals surface area contributed by atoms with Gasteiger partial charge in [-0.05, 0) is 36.6 Å². The molecular formula is C23H24N6O3. The highest BCUT2D eigenvalue weighted by molar-refractivity contribution is 5.97. The molecule has 5 N–H and O–H groups in total. The molecule has 2 aromatic carbocycles. The molecule has 2 heterocycles. The Balaban J connectivity index is 1.47. The number of carbonyl (C=O) groups is 2. The number of nitrogens with two attached hydrogens (primary N) is 1. The molecule has 0 aliphatic carbocycles. The summed E-state index contributed by atoms with van der Waals surface area (Å²) in [5.41, 5.74) is 8.01. The predicted molar refractivity (Wildman–Crippen MR) is 122 cm³/mol.